The lowest BCUT2D eigenvalue weighted by Gasteiger charge is -2.09. The molecule has 76 valence electrons. The Morgan fingerprint density at radius 3 is 2.00 bits per heavy atom. The van der Waals surface area contributed by atoms with E-state index in [0.717, 1.165) is 6.92 Å². The molecule has 2 atom stereocenters. The molecule has 0 saturated carbocycles. The van der Waals surface area contributed by atoms with Crippen LogP contribution in [0.1, 0.15) is 13.3 Å². The van der Waals surface area contributed by atoms with Crippen LogP contribution in [0.3, 0.4) is 0 Å². The number of nitriles is 1. The highest BCUT2D eigenvalue weighted by molar-refractivity contribution is 5.97. The van der Waals surface area contributed by atoms with E-state index >= 15 is 0 Å². The number of Topliss-reactive ketones (excluding diaryl/α,β-unsaturated/α-hetero) is 1. The number of carboxylic acids is 2. The predicted octanol–water partition coefficient (Wildman–Crippen LogP) is -0.109. The van der Waals surface area contributed by atoms with E-state index < -0.39 is 36.0 Å². The van der Waals surface area contributed by atoms with Gasteiger partial charge in [0, 0.05) is 0 Å². The zero-order valence-electron chi connectivity index (χ0n) is 7.43. The Kier molecular flexibility index (Phi) is 4.29. The molecule has 0 aromatic rings. The number of hydrogen-bond donors (Lipinski definition) is 2. The quantitative estimate of drug-likeness (QED) is 0.597. The van der Waals surface area contributed by atoms with Gasteiger partial charge in [-0.2, -0.15) is 5.26 Å². The third kappa shape index (κ3) is 3.23. The fourth-order valence-electron chi connectivity index (χ4n) is 0.885. The second kappa shape index (κ2) is 4.97. The number of carbonyl (C=O) groups is 3. The lowest BCUT2D eigenvalue weighted by atomic mass is 9.93. The maximum Gasteiger partial charge on any atom is 0.320 e. The van der Waals surface area contributed by atoms with Gasteiger partial charge >= 0.3 is 11.9 Å². The molecule has 0 heterocycles. The molecule has 0 aromatic carbocycles. The zero-order valence-corrected chi connectivity index (χ0v) is 7.43. The minimum Gasteiger partial charge on any atom is -0.481 e. The summed E-state index contributed by atoms with van der Waals surface area (Å²) in [6, 6.07) is 1.43. The van der Waals surface area contributed by atoms with Crippen LogP contribution in [0.2, 0.25) is 0 Å². The van der Waals surface area contributed by atoms with Crippen molar-refractivity contribution in [3.8, 4) is 6.07 Å². The van der Waals surface area contributed by atoms with Gasteiger partial charge in [0.25, 0.3) is 0 Å². The van der Waals surface area contributed by atoms with Crippen LogP contribution in [0.5, 0.6) is 0 Å². The molecule has 0 saturated heterocycles. The minimum absolute atomic E-state index is 0.490. The van der Waals surface area contributed by atoms with Crippen LogP contribution < -0.4 is 0 Å². The number of carbonyl (C=O) groups excluding carboxylic acids is 1. The topological polar surface area (TPSA) is 115 Å². The molecule has 14 heavy (non-hydrogen) atoms. The van der Waals surface area contributed by atoms with Crippen molar-refractivity contribution >= 4 is 17.7 Å². The molecule has 0 aromatic heterocycles. The fraction of sp³-hybridized carbons (Fsp3) is 0.500. The zero-order chi connectivity index (χ0) is 11.3. The molecule has 2 N–H and O–H groups in total. The maximum atomic E-state index is 10.8. The molecule has 0 aliphatic carbocycles. The first-order chi connectivity index (χ1) is 6.40. The predicted molar refractivity (Wildman–Crippen MR) is 43.2 cm³/mol. The van der Waals surface area contributed by atoms with Crippen molar-refractivity contribution in [3.05, 3.63) is 0 Å². The average Bonchev–Trinajstić information content (AvgIpc) is 2.03. The maximum absolute atomic E-state index is 10.8. The van der Waals surface area contributed by atoms with E-state index in [0.29, 0.717) is 0 Å². The Balaban J connectivity index is 4.60. The number of rotatable bonds is 5. The number of hydrogen-bond acceptors (Lipinski definition) is 4. The van der Waals surface area contributed by atoms with Gasteiger partial charge in [0.2, 0.25) is 0 Å². The molecule has 0 aliphatic rings. The van der Waals surface area contributed by atoms with E-state index in [4.69, 9.17) is 15.5 Å². The molecular formula is C8H9NO5. The van der Waals surface area contributed by atoms with Crippen LogP contribution in [0.15, 0.2) is 0 Å². The number of aliphatic carboxylic acids is 2. The summed E-state index contributed by atoms with van der Waals surface area (Å²) in [6.45, 7) is 1.05. The summed E-state index contributed by atoms with van der Waals surface area (Å²) in [6.07, 6.45) is -0.490. The van der Waals surface area contributed by atoms with Crippen molar-refractivity contribution in [2.24, 2.45) is 11.8 Å². The number of carboxylic acid groups (broad SMARTS) is 2. The summed E-state index contributed by atoms with van der Waals surface area (Å²) in [7, 11) is 0. The van der Waals surface area contributed by atoms with Crippen LogP contribution in [-0.2, 0) is 14.4 Å². The molecule has 6 nitrogen and oxygen atoms in total. The Bertz CT molecular complexity index is 289. The summed E-state index contributed by atoms with van der Waals surface area (Å²) in [4.78, 5) is 31.7. The molecule has 0 radical (unpaired) electrons. The van der Waals surface area contributed by atoms with Gasteiger partial charge < -0.3 is 10.2 Å². The van der Waals surface area contributed by atoms with Gasteiger partial charge in [0.15, 0.2) is 0 Å². The molecule has 6 heteroatoms. The van der Waals surface area contributed by atoms with E-state index in [-0.39, 0.29) is 0 Å². The van der Waals surface area contributed by atoms with Crippen molar-refractivity contribution in [2.45, 2.75) is 13.3 Å². The van der Waals surface area contributed by atoms with Gasteiger partial charge in [-0.1, -0.05) is 0 Å². The lowest BCUT2D eigenvalue weighted by Crippen LogP contribution is -2.26. The highest BCUT2D eigenvalue weighted by Gasteiger charge is 2.29. The SMILES string of the molecule is CC(=O)C(CC(C#N)C(=O)O)C(=O)O. The average molecular weight is 199 g/mol. The fourth-order valence-corrected chi connectivity index (χ4v) is 0.885. The van der Waals surface area contributed by atoms with Crippen LogP contribution >= 0.6 is 0 Å². The first-order valence-electron chi connectivity index (χ1n) is 3.75. The van der Waals surface area contributed by atoms with E-state index in [1.165, 1.54) is 6.07 Å². The molecule has 0 rings (SSSR count). The first-order valence-corrected chi connectivity index (χ1v) is 3.75. The first kappa shape index (κ1) is 12.1. The molecule has 0 aliphatic heterocycles. The standard InChI is InChI=1S/C8H9NO5/c1-4(10)6(8(13)14)2-5(3-9)7(11)12/h5-6H,2H2,1H3,(H,11,12)(H,13,14). The van der Waals surface area contributed by atoms with Crippen LogP contribution in [-0.4, -0.2) is 27.9 Å². The molecule has 0 spiro atoms. The third-order valence-electron chi connectivity index (χ3n) is 1.71. The van der Waals surface area contributed by atoms with Crippen molar-refractivity contribution < 1.29 is 24.6 Å². The summed E-state index contributed by atoms with van der Waals surface area (Å²) in [5.74, 6) is -6.35. The largest absolute Gasteiger partial charge is 0.481 e. The van der Waals surface area contributed by atoms with E-state index in [1.54, 1.807) is 0 Å². The van der Waals surface area contributed by atoms with Crippen LogP contribution in [0.4, 0.5) is 0 Å². The normalized spacial score (nSPS) is 13.7. The Morgan fingerprint density at radius 1 is 1.29 bits per heavy atom. The Labute approximate surface area is 79.8 Å². The van der Waals surface area contributed by atoms with Crippen LogP contribution in [0, 0.1) is 23.2 Å². The highest BCUT2D eigenvalue weighted by atomic mass is 16.4. The molecule has 2 unspecified atom stereocenters. The van der Waals surface area contributed by atoms with Gasteiger partial charge in [-0.15, -0.1) is 0 Å². The minimum atomic E-state index is -1.46. The summed E-state index contributed by atoms with van der Waals surface area (Å²) in [5.41, 5.74) is 0. The lowest BCUT2D eigenvalue weighted by molar-refractivity contribution is -0.147. The molecule has 0 fully saturated rings. The monoisotopic (exact) mass is 199 g/mol. The molecular weight excluding hydrogens is 190 g/mol. The van der Waals surface area contributed by atoms with Crippen molar-refractivity contribution in [2.75, 3.05) is 0 Å². The highest BCUT2D eigenvalue weighted by Crippen LogP contribution is 2.13. The van der Waals surface area contributed by atoms with Gasteiger partial charge in [0.1, 0.15) is 17.6 Å². The van der Waals surface area contributed by atoms with Crippen molar-refractivity contribution in [3.63, 3.8) is 0 Å². The van der Waals surface area contributed by atoms with Gasteiger partial charge in [-0.3, -0.25) is 14.4 Å². The van der Waals surface area contributed by atoms with Crippen LogP contribution in [0.25, 0.3) is 0 Å². The number of nitrogens with zero attached hydrogens (tertiary/aromatic N) is 1. The van der Waals surface area contributed by atoms with Crippen molar-refractivity contribution in [1.82, 2.24) is 0 Å². The van der Waals surface area contributed by atoms with E-state index in [2.05, 4.69) is 0 Å². The second-order valence-electron chi connectivity index (χ2n) is 2.76. The van der Waals surface area contributed by atoms with Crippen molar-refractivity contribution in [1.29, 1.82) is 5.26 Å². The summed E-state index contributed by atoms with van der Waals surface area (Å²) >= 11 is 0. The third-order valence-corrected chi connectivity index (χ3v) is 1.71. The van der Waals surface area contributed by atoms with Gasteiger partial charge in [-0.05, 0) is 13.3 Å². The Morgan fingerprint density at radius 2 is 1.79 bits per heavy atom. The second-order valence-corrected chi connectivity index (χ2v) is 2.76. The van der Waals surface area contributed by atoms with E-state index in [9.17, 15) is 14.4 Å². The number of ketones is 1. The van der Waals surface area contributed by atoms with E-state index in [1.807, 2.05) is 0 Å². The molecule has 0 bridgehead atoms. The van der Waals surface area contributed by atoms with Gasteiger partial charge in [0.05, 0.1) is 6.07 Å². The summed E-state index contributed by atoms with van der Waals surface area (Å²) in [5, 5.41) is 25.4. The summed E-state index contributed by atoms with van der Waals surface area (Å²) < 4.78 is 0. The molecule has 0 amide bonds. The Hall–Kier alpha value is -1.90. The van der Waals surface area contributed by atoms with Gasteiger partial charge in [-0.25, -0.2) is 0 Å². The smallest absolute Gasteiger partial charge is 0.320 e.